The van der Waals surface area contributed by atoms with Crippen LogP contribution in [0.25, 0.3) is 0 Å². The van der Waals surface area contributed by atoms with Gasteiger partial charge in [0.15, 0.2) is 0 Å². The molecule has 1 aliphatic rings. The number of fused-ring (bicyclic) bond motifs is 1. The predicted octanol–water partition coefficient (Wildman–Crippen LogP) is 3.71. The minimum absolute atomic E-state index is 0.498. The predicted molar refractivity (Wildman–Crippen MR) is 101 cm³/mol. The van der Waals surface area contributed by atoms with Crippen LogP contribution >= 0.6 is 12.2 Å². The van der Waals surface area contributed by atoms with Crippen molar-refractivity contribution in [3.8, 4) is 0 Å². The van der Waals surface area contributed by atoms with Crippen molar-refractivity contribution in [1.29, 1.82) is 0 Å². The highest BCUT2D eigenvalue weighted by Crippen LogP contribution is 2.22. The van der Waals surface area contributed by atoms with Crippen molar-refractivity contribution >= 4 is 17.2 Å². The Morgan fingerprint density at radius 2 is 1.96 bits per heavy atom. The zero-order chi connectivity index (χ0) is 16.2. The summed E-state index contributed by atoms with van der Waals surface area (Å²) in [7, 11) is 0. The van der Waals surface area contributed by atoms with Gasteiger partial charge < -0.3 is 5.32 Å². The van der Waals surface area contributed by atoms with E-state index in [2.05, 4.69) is 72.6 Å². The number of aryl methyl sites for hydroxylation is 1. The molecule has 0 fully saturated rings. The standard InChI is InChI=1S/C20H24N2S/c1-3-22-14-18-9-5-4-8-16(18)12-19(22)13-21-20(23)17-10-6-7-15(2)11-17/h4-11,19H,3,12-14H2,1-2H3,(H,21,23)/t19-/m0/s1. The summed E-state index contributed by atoms with van der Waals surface area (Å²) in [5.74, 6) is 0. The second-order valence-electron chi connectivity index (χ2n) is 6.27. The number of nitrogens with zero attached hydrogens (tertiary/aromatic N) is 1. The molecule has 3 rings (SSSR count). The van der Waals surface area contributed by atoms with Gasteiger partial charge in [0, 0.05) is 24.7 Å². The lowest BCUT2D eigenvalue weighted by Crippen LogP contribution is -2.47. The minimum Gasteiger partial charge on any atom is -0.374 e. The Labute approximate surface area is 144 Å². The third kappa shape index (κ3) is 3.80. The van der Waals surface area contributed by atoms with Gasteiger partial charge in [-0.1, -0.05) is 67.2 Å². The largest absolute Gasteiger partial charge is 0.374 e. The number of nitrogens with one attached hydrogen (secondary N) is 1. The molecule has 0 saturated carbocycles. The SMILES string of the molecule is CCN1Cc2ccccc2C[C@H]1CNC(=S)c1cccc(C)c1. The first-order valence-electron chi connectivity index (χ1n) is 8.33. The maximum atomic E-state index is 5.57. The molecule has 0 bridgehead atoms. The molecule has 0 saturated heterocycles. The van der Waals surface area contributed by atoms with Crippen LogP contribution in [0.1, 0.15) is 29.2 Å². The lowest BCUT2D eigenvalue weighted by molar-refractivity contribution is 0.182. The van der Waals surface area contributed by atoms with Gasteiger partial charge in [-0.3, -0.25) is 4.90 Å². The Morgan fingerprint density at radius 3 is 2.70 bits per heavy atom. The van der Waals surface area contributed by atoms with E-state index in [-0.39, 0.29) is 0 Å². The van der Waals surface area contributed by atoms with Crippen LogP contribution < -0.4 is 5.32 Å². The van der Waals surface area contributed by atoms with E-state index in [1.54, 1.807) is 0 Å². The molecule has 0 unspecified atom stereocenters. The van der Waals surface area contributed by atoms with Gasteiger partial charge >= 0.3 is 0 Å². The van der Waals surface area contributed by atoms with Gasteiger partial charge in [0.25, 0.3) is 0 Å². The number of rotatable bonds is 4. The summed E-state index contributed by atoms with van der Waals surface area (Å²) < 4.78 is 0. The Kier molecular flexibility index (Phi) is 5.09. The molecule has 120 valence electrons. The lowest BCUT2D eigenvalue weighted by Gasteiger charge is -2.36. The molecule has 3 heteroatoms. The van der Waals surface area contributed by atoms with E-state index in [1.807, 2.05) is 0 Å². The van der Waals surface area contributed by atoms with Gasteiger partial charge in [-0.15, -0.1) is 0 Å². The maximum absolute atomic E-state index is 5.57. The molecule has 1 N–H and O–H groups in total. The molecule has 0 spiro atoms. The Morgan fingerprint density at radius 1 is 1.17 bits per heavy atom. The molecule has 0 aliphatic carbocycles. The van der Waals surface area contributed by atoms with E-state index in [9.17, 15) is 0 Å². The average Bonchev–Trinajstić information content (AvgIpc) is 2.58. The van der Waals surface area contributed by atoms with Crippen molar-refractivity contribution < 1.29 is 0 Å². The third-order valence-corrected chi connectivity index (χ3v) is 5.03. The Balaban J connectivity index is 1.66. The van der Waals surface area contributed by atoms with Crippen LogP contribution in [0.4, 0.5) is 0 Å². The topological polar surface area (TPSA) is 15.3 Å². The zero-order valence-corrected chi connectivity index (χ0v) is 14.7. The summed E-state index contributed by atoms with van der Waals surface area (Å²) in [6.45, 7) is 7.34. The second-order valence-corrected chi connectivity index (χ2v) is 6.68. The van der Waals surface area contributed by atoms with Gasteiger partial charge in [0.2, 0.25) is 0 Å². The first-order valence-corrected chi connectivity index (χ1v) is 8.74. The smallest absolute Gasteiger partial charge is 0.106 e. The molecule has 1 heterocycles. The molecule has 1 atom stereocenters. The summed E-state index contributed by atoms with van der Waals surface area (Å²) in [5.41, 5.74) is 5.30. The highest BCUT2D eigenvalue weighted by Gasteiger charge is 2.24. The van der Waals surface area contributed by atoms with Crippen LogP contribution in [-0.4, -0.2) is 29.0 Å². The van der Waals surface area contributed by atoms with E-state index in [0.717, 1.165) is 36.6 Å². The van der Waals surface area contributed by atoms with Crippen LogP contribution in [0.15, 0.2) is 48.5 Å². The summed E-state index contributed by atoms with van der Waals surface area (Å²) >= 11 is 5.57. The fourth-order valence-electron chi connectivity index (χ4n) is 3.31. The van der Waals surface area contributed by atoms with Crippen LogP contribution in [0.2, 0.25) is 0 Å². The van der Waals surface area contributed by atoms with E-state index in [1.165, 1.54) is 16.7 Å². The Bertz CT molecular complexity index is 696. The van der Waals surface area contributed by atoms with E-state index in [4.69, 9.17) is 12.2 Å². The van der Waals surface area contributed by atoms with Crippen molar-refractivity contribution in [2.24, 2.45) is 0 Å². The van der Waals surface area contributed by atoms with Crippen LogP contribution in [0.3, 0.4) is 0 Å². The van der Waals surface area contributed by atoms with Gasteiger partial charge in [-0.2, -0.15) is 0 Å². The minimum atomic E-state index is 0.498. The van der Waals surface area contributed by atoms with Gasteiger partial charge in [0.1, 0.15) is 4.99 Å². The van der Waals surface area contributed by atoms with Gasteiger partial charge in [-0.25, -0.2) is 0 Å². The van der Waals surface area contributed by atoms with E-state index < -0.39 is 0 Å². The molecular weight excluding hydrogens is 300 g/mol. The lowest BCUT2D eigenvalue weighted by atomic mass is 9.94. The molecular formula is C20H24N2S. The van der Waals surface area contributed by atoms with Gasteiger partial charge in [0.05, 0.1) is 0 Å². The van der Waals surface area contributed by atoms with Crippen molar-refractivity contribution in [2.75, 3.05) is 13.1 Å². The molecule has 2 nitrogen and oxygen atoms in total. The molecule has 23 heavy (non-hydrogen) atoms. The number of thiocarbonyl (C=S) groups is 1. The fraction of sp³-hybridized carbons (Fsp3) is 0.350. The summed E-state index contributed by atoms with van der Waals surface area (Å²) in [5, 5.41) is 3.48. The number of likely N-dealkylation sites (N-methyl/N-ethyl adjacent to an activating group) is 1. The van der Waals surface area contributed by atoms with Crippen LogP contribution in [0.5, 0.6) is 0 Å². The van der Waals surface area contributed by atoms with Crippen molar-refractivity contribution in [2.45, 2.75) is 32.9 Å². The number of benzene rings is 2. The van der Waals surface area contributed by atoms with Crippen molar-refractivity contribution in [1.82, 2.24) is 10.2 Å². The summed E-state index contributed by atoms with van der Waals surface area (Å²) in [6.07, 6.45) is 1.09. The average molecular weight is 324 g/mol. The first kappa shape index (κ1) is 16.2. The number of hydrogen-bond donors (Lipinski definition) is 1. The zero-order valence-electron chi connectivity index (χ0n) is 13.9. The highest BCUT2D eigenvalue weighted by molar-refractivity contribution is 7.80. The van der Waals surface area contributed by atoms with Crippen LogP contribution in [-0.2, 0) is 13.0 Å². The molecule has 1 aliphatic heterocycles. The molecule has 2 aromatic carbocycles. The summed E-state index contributed by atoms with van der Waals surface area (Å²) in [4.78, 5) is 3.39. The van der Waals surface area contributed by atoms with Gasteiger partial charge in [-0.05, 0) is 37.1 Å². The monoisotopic (exact) mass is 324 g/mol. The molecule has 0 radical (unpaired) electrons. The highest BCUT2D eigenvalue weighted by atomic mass is 32.1. The fourth-order valence-corrected chi connectivity index (χ4v) is 3.52. The third-order valence-electron chi connectivity index (χ3n) is 4.65. The maximum Gasteiger partial charge on any atom is 0.106 e. The normalized spacial score (nSPS) is 17.6. The number of hydrogen-bond acceptors (Lipinski definition) is 2. The van der Waals surface area contributed by atoms with E-state index in [0.29, 0.717) is 6.04 Å². The van der Waals surface area contributed by atoms with Crippen LogP contribution in [0, 0.1) is 6.92 Å². The molecule has 0 amide bonds. The quantitative estimate of drug-likeness (QED) is 0.863. The Hall–Kier alpha value is -1.71. The van der Waals surface area contributed by atoms with Crippen molar-refractivity contribution in [3.05, 3.63) is 70.8 Å². The van der Waals surface area contributed by atoms with E-state index >= 15 is 0 Å². The molecule has 2 aromatic rings. The summed E-state index contributed by atoms with van der Waals surface area (Å²) in [6, 6.07) is 17.7. The van der Waals surface area contributed by atoms with Crippen molar-refractivity contribution in [3.63, 3.8) is 0 Å². The second kappa shape index (κ2) is 7.24. The first-order chi connectivity index (χ1) is 11.2. The molecule has 0 aromatic heterocycles.